The van der Waals surface area contributed by atoms with Gasteiger partial charge in [-0.25, -0.2) is 9.97 Å². The molecule has 2 aromatic carbocycles. The molecule has 2 aliphatic rings. The molecule has 2 heterocycles. The molecule has 0 spiro atoms. The van der Waals surface area contributed by atoms with Crippen molar-refractivity contribution in [3.05, 3.63) is 47.7 Å². The summed E-state index contributed by atoms with van der Waals surface area (Å²) in [5.74, 6) is 1.34. The predicted octanol–water partition coefficient (Wildman–Crippen LogP) is 3.70. The van der Waals surface area contributed by atoms with Gasteiger partial charge in [0, 0.05) is 30.4 Å². The number of nitrogens with zero attached hydrogens (tertiary/aromatic N) is 3. The molecule has 3 aromatic rings. The molecule has 0 saturated heterocycles. The van der Waals surface area contributed by atoms with E-state index < -0.39 is 0 Å². The van der Waals surface area contributed by atoms with Crippen molar-refractivity contribution >= 4 is 28.2 Å². The van der Waals surface area contributed by atoms with E-state index >= 15 is 0 Å². The zero-order chi connectivity index (χ0) is 21.4. The van der Waals surface area contributed by atoms with Crippen LogP contribution in [-0.2, 0) is 13.0 Å². The van der Waals surface area contributed by atoms with Crippen molar-refractivity contribution in [3.8, 4) is 5.75 Å². The van der Waals surface area contributed by atoms with Crippen LogP contribution in [0.4, 0.5) is 17.3 Å². The molecule has 0 bridgehead atoms. The van der Waals surface area contributed by atoms with E-state index in [1.54, 1.807) is 7.11 Å². The van der Waals surface area contributed by atoms with Crippen LogP contribution in [0.2, 0.25) is 0 Å². The van der Waals surface area contributed by atoms with E-state index in [1.165, 1.54) is 11.1 Å². The van der Waals surface area contributed by atoms with Crippen LogP contribution < -0.4 is 15.4 Å². The second-order valence-electron chi connectivity index (χ2n) is 8.65. The third-order valence-electron chi connectivity index (χ3n) is 6.39. The van der Waals surface area contributed by atoms with E-state index in [4.69, 9.17) is 9.72 Å². The number of aliphatic hydroxyl groups is 1. The summed E-state index contributed by atoms with van der Waals surface area (Å²) in [6, 6.07) is 10.4. The Morgan fingerprint density at radius 1 is 1.16 bits per heavy atom. The maximum atomic E-state index is 10.1. The minimum absolute atomic E-state index is 0.106. The van der Waals surface area contributed by atoms with E-state index in [1.807, 2.05) is 24.4 Å². The van der Waals surface area contributed by atoms with E-state index in [-0.39, 0.29) is 12.1 Å². The number of rotatable bonds is 5. The summed E-state index contributed by atoms with van der Waals surface area (Å²) < 4.78 is 5.64. The highest BCUT2D eigenvalue weighted by atomic mass is 16.5. The fourth-order valence-corrected chi connectivity index (χ4v) is 4.61. The second kappa shape index (κ2) is 8.32. The fraction of sp³-hybridized carbons (Fsp3) is 0.417. The van der Waals surface area contributed by atoms with Gasteiger partial charge < -0.3 is 25.4 Å². The molecule has 1 aliphatic heterocycles. The molecule has 162 valence electrons. The zero-order valence-corrected chi connectivity index (χ0v) is 18.1. The van der Waals surface area contributed by atoms with Gasteiger partial charge in [0.2, 0.25) is 5.95 Å². The second-order valence-corrected chi connectivity index (χ2v) is 8.65. The van der Waals surface area contributed by atoms with Gasteiger partial charge in [-0.05, 0) is 74.2 Å². The summed E-state index contributed by atoms with van der Waals surface area (Å²) in [5.41, 5.74) is 5.34. The molecule has 7 nitrogen and oxygen atoms in total. The Labute approximate surface area is 182 Å². The van der Waals surface area contributed by atoms with Crippen LogP contribution in [0.5, 0.6) is 5.75 Å². The van der Waals surface area contributed by atoms with Gasteiger partial charge in [0.25, 0.3) is 0 Å². The lowest BCUT2D eigenvalue weighted by atomic mass is 9.99. The first-order valence-corrected chi connectivity index (χ1v) is 11.0. The third kappa shape index (κ3) is 4.16. The Kier molecular flexibility index (Phi) is 5.38. The minimum atomic E-state index is -0.283. The predicted molar refractivity (Wildman–Crippen MR) is 123 cm³/mol. The maximum Gasteiger partial charge on any atom is 0.227 e. The number of nitrogens with one attached hydrogen (secondary N) is 2. The van der Waals surface area contributed by atoms with E-state index in [2.05, 4.69) is 39.7 Å². The van der Waals surface area contributed by atoms with Crippen molar-refractivity contribution in [3.63, 3.8) is 0 Å². The molecule has 1 aromatic heterocycles. The molecule has 1 saturated carbocycles. The molecular weight excluding hydrogens is 390 g/mol. The van der Waals surface area contributed by atoms with Gasteiger partial charge in [0.1, 0.15) is 5.75 Å². The smallest absolute Gasteiger partial charge is 0.227 e. The van der Waals surface area contributed by atoms with Gasteiger partial charge in [-0.3, -0.25) is 0 Å². The highest BCUT2D eigenvalue weighted by Gasteiger charge is 2.25. The number of aromatic nitrogens is 2. The highest BCUT2D eigenvalue weighted by Crippen LogP contribution is 2.33. The van der Waals surface area contributed by atoms with Crippen molar-refractivity contribution in [1.82, 2.24) is 14.9 Å². The SMILES string of the molecule is COc1cc2c(cc1Nc1ncc3ccc(N[C@H]4CCC[C@@H]4O)cc3n1)CN(C)CC2. The average molecular weight is 420 g/mol. The monoisotopic (exact) mass is 419 g/mol. The van der Waals surface area contributed by atoms with Crippen LogP contribution in [0, 0.1) is 0 Å². The number of benzene rings is 2. The Hall–Kier alpha value is -2.90. The van der Waals surface area contributed by atoms with Gasteiger partial charge in [0.05, 0.1) is 30.5 Å². The summed E-state index contributed by atoms with van der Waals surface area (Å²) in [4.78, 5) is 11.6. The molecule has 5 rings (SSSR count). The summed E-state index contributed by atoms with van der Waals surface area (Å²) in [7, 11) is 3.83. The molecule has 1 aliphatic carbocycles. The van der Waals surface area contributed by atoms with Crippen molar-refractivity contribution in [2.75, 3.05) is 31.3 Å². The number of likely N-dealkylation sites (N-methyl/N-ethyl adjacent to an activating group) is 1. The number of anilines is 3. The van der Waals surface area contributed by atoms with Crippen LogP contribution in [0.15, 0.2) is 36.5 Å². The van der Waals surface area contributed by atoms with E-state index in [9.17, 15) is 5.11 Å². The van der Waals surface area contributed by atoms with Crippen molar-refractivity contribution < 1.29 is 9.84 Å². The van der Waals surface area contributed by atoms with Crippen LogP contribution in [-0.4, -0.2) is 52.8 Å². The molecule has 1 fully saturated rings. The Bertz CT molecular complexity index is 1100. The van der Waals surface area contributed by atoms with Crippen LogP contribution in [0.25, 0.3) is 10.9 Å². The molecule has 0 unspecified atom stereocenters. The first-order valence-electron chi connectivity index (χ1n) is 11.0. The molecule has 31 heavy (non-hydrogen) atoms. The molecule has 7 heteroatoms. The topological polar surface area (TPSA) is 82.5 Å². The summed E-state index contributed by atoms with van der Waals surface area (Å²) in [6.07, 6.45) is 5.48. The molecule has 3 N–H and O–H groups in total. The van der Waals surface area contributed by atoms with Gasteiger partial charge in [-0.2, -0.15) is 0 Å². The van der Waals surface area contributed by atoms with Crippen molar-refractivity contribution in [2.45, 2.75) is 44.4 Å². The normalized spacial score (nSPS) is 21.1. The number of hydrogen-bond donors (Lipinski definition) is 3. The molecule has 0 radical (unpaired) electrons. The lowest BCUT2D eigenvalue weighted by Crippen LogP contribution is -2.27. The van der Waals surface area contributed by atoms with E-state index in [0.29, 0.717) is 5.95 Å². The summed E-state index contributed by atoms with van der Waals surface area (Å²) in [6.45, 7) is 1.99. The third-order valence-corrected chi connectivity index (χ3v) is 6.39. The van der Waals surface area contributed by atoms with Gasteiger partial charge in [-0.1, -0.05) is 0 Å². The van der Waals surface area contributed by atoms with Crippen molar-refractivity contribution in [2.24, 2.45) is 0 Å². The zero-order valence-electron chi connectivity index (χ0n) is 18.1. The molecule has 2 atom stereocenters. The maximum absolute atomic E-state index is 10.1. The van der Waals surface area contributed by atoms with Gasteiger partial charge in [-0.15, -0.1) is 0 Å². The first kappa shape index (κ1) is 20.0. The number of methoxy groups -OCH3 is 1. The lowest BCUT2D eigenvalue weighted by Gasteiger charge is -2.26. The van der Waals surface area contributed by atoms with Crippen molar-refractivity contribution in [1.29, 1.82) is 0 Å². The quantitative estimate of drug-likeness (QED) is 0.582. The van der Waals surface area contributed by atoms with Crippen LogP contribution in [0.3, 0.4) is 0 Å². The average Bonchev–Trinajstić information content (AvgIpc) is 3.17. The fourth-order valence-electron chi connectivity index (χ4n) is 4.61. The number of fused-ring (bicyclic) bond motifs is 2. The largest absolute Gasteiger partial charge is 0.495 e. The first-order chi connectivity index (χ1) is 15.1. The standard InChI is InChI=1S/C24H29N5O2/c1-29-9-8-15-11-23(31-2)21(10-17(15)14-29)28-24-25-13-16-6-7-18(12-20(16)27-24)26-19-4-3-5-22(19)30/h6-7,10-13,19,22,26,30H,3-5,8-9,14H2,1-2H3,(H,25,27,28)/t19-,22-/m0/s1. The highest BCUT2D eigenvalue weighted by molar-refractivity contribution is 5.83. The van der Waals surface area contributed by atoms with Gasteiger partial charge >= 0.3 is 0 Å². The Morgan fingerprint density at radius 3 is 2.87 bits per heavy atom. The van der Waals surface area contributed by atoms with Gasteiger partial charge in [0.15, 0.2) is 0 Å². The summed E-state index contributed by atoms with van der Waals surface area (Å²) >= 11 is 0. The molecular formula is C24H29N5O2. The minimum Gasteiger partial charge on any atom is -0.495 e. The summed E-state index contributed by atoms with van der Waals surface area (Å²) in [5, 5.41) is 17.9. The number of ether oxygens (including phenoxy) is 1. The van der Waals surface area contributed by atoms with E-state index in [0.717, 1.165) is 66.8 Å². The Morgan fingerprint density at radius 2 is 2.06 bits per heavy atom. The molecule has 0 amide bonds. The van der Waals surface area contributed by atoms with Crippen LogP contribution in [0.1, 0.15) is 30.4 Å². The lowest BCUT2D eigenvalue weighted by molar-refractivity contribution is 0.172. The van der Waals surface area contributed by atoms with Crippen LogP contribution >= 0.6 is 0 Å². The Balaban J connectivity index is 1.42. The number of aliphatic hydroxyl groups excluding tert-OH is 1. The number of hydrogen-bond acceptors (Lipinski definition) is 7.